The molecule has 3 aliphatic rings. The topological polar surface area (TPSA) is 81.2 Å². The fourth-order valence-corrected chi connectivity index (χ4v) is 8.78. The predicted molar refractivity (Wildman–Crippen MR) is 228 cm³/mol. The van der Waals surface area contributed by atoms with Gasteiger partial charge in [-0.05, 0) is 82.1 Å². The average molecular weight is 735 g/mol. The second-order valence-corrected chi connectivity index (χ2v) is 14.7. The van der Waals surface area contributed by atoms with Crippen LogP contribution in [0.4, 0.5) is 11.4 Å². The van der Waals surface area contributed by atoms with Gasteiger partial charge in [0.1, 0.15) is 22.9 Å². The lowest BCUT2D eigenvalue weighted by Crippen LogP contribution is -2.24. The highest BCUT2D eigenvalue weighted by Gasteiger charge is 2.44. The van der Waals surface area contributed by atoms with E-state index in [1.54, 1.807) is 0 Å². The molecule has 57 heavy (non-hydrogen) atoms. The van der Waals surface area contributed by atoms with Gasteiger partial charge >= 0.3 is 0 Å². The molecule has 12 rings (SSSR count). The minimum Gasteiger partial charge on any atom is -0.456 e. The molecule has 0 saturated heterocycles. The summed E-state index contributed by atoms with van der Waals surface area (Å²) in [7, 11) is 0. The van der Waals surface area contributed by atoms with Crippen molar-refractivity contribution >= 4 is 61.8 Å². The van der Waals surface area contributed by atoms with Crippen LogP contribution in [0, 0.1) is 0 Å². The SMILES string of the molecule is C1=CC2c3cc4ccccc4cc3N(c3cccc(C4=NC(c5cccc6oc7ccccc7c56)=NC(c5ccccc5)[N-]4)c3)C2c2oc(-c3ccccc3)nc21. The molecule has 7 aromatic carbocycles. The first kappa shape index (κ1) is 31.8. The van der Waals surface area contributed by atoms with E-state index in [0.717, 1.165) is 67.0 Å². The molecular formula is C50H32N5O2-. The van der Waals surface area contributed by atoms with E-state index in [4.69, 9.17) is 29.1 Å². The van der Waals surface area contributed by atoms with Crippen LogP contribution in [0.1, 0.15) is 51.8 Å². The zero-order valence-electron chi connectivity index (χ0n) is 30.5. The van der Waals surface area contributed by atoms with Gasteiger partial charge in [0.2, 0.25) is 5.89 Å². The molecule has 0 N–H and O–H groups in total. The molecule has 0 bridgehead atoms. The Labute approximate surface area is 328 Å². The minimum atomic E-state index is -0.481. The molecule has 4 heterocycles. The van der Waals surface area contributed by atoms with E-state index in [2.05, 4.69) is 102 Å². The molecule has 9 aromatic rings. The fourth-order valence-electron chi connectivity index (χ4n) is 8.78. The molecule has 1 aliphatic carbocycles. The average Bonchev–Trinajstić information content (AvgIpc) is 3.98. The van der Waals surface area contributed by atoms with Crippen molar-refractivity contribution in [2.24, 2.45) is 9.98 Å². The largest absolute Gasteiger partial charge is 0.456 e. The van der Waals surface area contributed by atoms with Gasteiger partial charge in [-0.3, -0.25) is 4.99 Å². The van der Waals surface area contributed by atoms with Gasteiger partial charge in [-0.25, -0.2) is 4.98 Å². The molecular weight excluding hydrogens is 703 g/mol. The number of benzene rings is 7. The van der Waals surface area contributed by atoms with Crippen molar-refractivity contribution in [2.75, 3.05) is 4.90 Å². The van der Waals surface area contributed by atoms with E-state index >= 15 is 0 Å². The van der Waals surface area contributed by atoms with Crippen molar-refractivity contribution in [3.63, 3.8) is 0 Å². The Morgan fingerprint density at radius 2 is 1.37 bits per heavy atom. The number of amidine groups is 2. The van der Waals surface area contributed by atoms with Crippen molar-refractivity contribution in [3.8, 4) is 11.5 Å². The lowest BCUT2D eigenvalue weighted by atomic mass is 9.87. The Balaban J connectivity index is 1.02. The smallest absolute Gasteiger partial charge is 0.226 e. The molecule has 0 radical (unpaired) electrons. The van der Waals surface area contributed by atoms with Crippen LogP contribution in [0.2, 0.25) is 0 Å². The van der Waals surface area contributed by atoms with E-state index in [1.807, 2.05) is 78.9 Å². The monoisotopic (exact) mass is 734 g/mol. The van der Waals surface area contributed by atoms with Crippen molar-refractivity contribution in [2.45, 2.75) is 18.1 Å². The molecule has 7 heteroatoms. The molecule has 0 spiro atoms. The first-order chi connectivity index (χ1) is 28.2. The van der Waals surface area contributed by atoms with Gasteiger partial charge in [-0.2, -0.15) is 0 Å². The summed E-state index contributed by atoms with van der Waals surface area (Å²) in [5, 5.41) is 9.63. The van der Waals surface area contributed by atoms with Crippen molar-refractivity contribution in [3.05, 3.63) is 209 Å². The maximum Gasteiger partial charge on any atom is 0.226 e. The number of fused-ring (bicyclic) bond motifs is 9. The lowest BCUT2D eigenvalue weighted by Gasteiger charge is -2.34. The highest BCUT2D eigenvalue weighted by Crippen LogP contribution is 2.57. The number of aliphatic imine (C=N–C) groups is 2. The maximum atomic E-state index is 6.75. The highest BCUT2D eigenvalue weighted by atomic mass is 16.4. The van der Waals surface area contributed by atoms with Crippen LogP contribution in [-0.4, -0.2) is 16.7 Å². The molecule has 2 aliphatic heterocycles. The van der Waals surface area contributed by atoms with E-state index in [9.17, 15) is 0 Å². The maximum absolute atomic E-state index is 6.75. The Morgan fingerprint density at radius 1 is 0.632 bits per heavy atom. The normalized spacial score (nSPS) is 18.2. The molecule has 7 nitrogen and oxygen atoms in total. The van der Waals surface area contributed by atoms with Crippen LogP contribution in [-0.2, 0) is 0 Å². The zero-order chi connectivity index (χ0) is 37.5. The summed E-state index contributed by atoms with van der Waals surface area (Å²) < 4.78 is 13.0. The number of anilines is 2. The molecule has 0 fully saturated rings. The number of para-hydroxylation sites is 1. The van der Waals surface area contributed by atoms with Crippen LogP contribution in [0.25, 0.3) is 55.6 Å². The van der Waals surface area contributed by atoms with Crippen molar-refractivity contribution in [1.29, 1.82) is 0 Å². The summed E-state index contributed by atoms with van der Waals surface area (Å²) in [5.41, 5.74) is 9.63. The summed E-state index contributed by atoms with van der Waals surface area (Å²) in [6.07, 6.45) is 3.93. The summed E-state index contributed by atoms with van der Waals surface area (Å²) in [4.78, 5) is 17.8. The van der Waals surface area contributed by atoms with E-state index in [0.29, 0.717) is 17.6 Å². The van der Waals surface area contributed by atoms with E-state index in [1.165, 1.54) is 16.3 Å². The fraction of sp³-hybridized carbons (Fsp3) is 0.0600. The summed E-state index contributed by atoms with van der Waals surface area (Å²) in [6.45, 7) is 0. The third kappa shape index (κ3) is 5.09. The first-order valence-corrected chi connectivity index (χ1v) is 19.2. The van der Waals surface area contributed by atoms with E-state index in [-0.39, 0.29) is 12.0 Å². The van der Waals surface area contributed by atoms with Gasteiger partial charge in [0, 0.05) is 39.2 Å². The van der Waals surface area contributed by atoms with Gasteiger partial charge in [0.25, 0.3) is 0 Å². The van der Waals surface area contributed by atoms with Crippen molar-refractivity contribution in [1.82, 2.24) is 4.98 Å². The predicted octanol–water partition coefficient (Wildman–Crippen LogP) is 12.7. The Hall–Kier alpha value is -7.51. The van der Waals surface area contributed by atoms with Crippen LogP contribution in [0.5, 0.6) is 0 Å². The van der Waals surface area contributed by atoms with Gasteiger partial charge < -0.3 is 24.0 Å². The zero-order valence-corrected chi connectivity index (χ0v) is 30.5. The molecule has 270 valence electrons. The molecule has 0 amide bonds. The summed E-state index contributed by atoms with van der Waals surface area (Å²) in [6, 6.07) is 56.2. The first-order valence-electron chi connectivity index (χ1n) is 19.2. The summed E-state index contributed by atoms with van der Waals surface area (Å²) in [5.74, 6) is 2.76. The van der Waals surface area contributed by atoms with Crippen LogP contribution >= 0.6 is 0 Å². The van der Waals surface area contributed by atoms with Gasteiger partial charge in [0.15, 0.2) is 5.76 Å². The quantitative estimate of drug-likeness (QED) is 0.176. The third-order valence-electron chi connectivity index (χ3n) is 11.4. The number of nitrogens with zero attached hydrogens (tertiary/aromatic N) is 5. The van der Waals surface area contributed by atoms with Gasteiger partial charge in [-0.15, -0.1) is 0 Å². The Kier molecular flexibility index (Phi) is 6.98. The lowest BCUT2D eigenvalue weighted by molar-refractivity contribution is 0.460. The number of rotatable bonds is 5. The number of oxazole rings is 1. The van der Waals surface area contributed by atoms with E-state index < -0.39 is 6.17 Å². The molecule has 3 atom stereocenters. The number of aromatic nitrogens is 1. The number of hydrogen-bond acceptors (Lipinski definition) is 6. The Morgan fingerprint density at radius 3 is 2.25 bits per heavy atom. The highest BCUT2D eigenvalue weighted by molar-refractivity contribution is 6.24. The van der Waals surface area contributed by atoms with Crippen LogP contribution in [0.3, 0.4) is 0 Å². The minimum absolute atomic E-state index is 0.0560. The van der Waals surface area contributed by atoms with Crippen LogP contribution in [0.15, 0.2) is 189 Å². The second-order valence-electron chi connectivity index (χ2n) is 14.7. The van der Waals surface area contributed by atoms with Crippen molar-refractivity contribution < 1.29 is 8.83 Å². The number of furan rings is 1. The van der Waals surface area contributed by atoms with Crippen LogP contribution < -0.4 is 4.90 Å². The Bertz CT molecular complexity index is 3140. The third-order valence-corrected chi connectivity index (χ3v) is 11.4. The number of hydrogen-bond donors (Lipinski definition) is 0. The molecule has 2 aromatic heterocycles. The summed E-state index contributed by atoms with van der Waals surface area (Å²) >= 11 is 0. The van der Waals surface area contributed by atoms with Gasteiger partial charge in [0.05, 0.1) is 12.0 Å². The molecule has 3 unspecified atom stereocenters. The molecule has 0 saturated carbocycles. The second kappa shape index (κ2) is 12.5. The van der Waals surface area contributed by atoms with Gasteiger partial charge in [-0.1, -0.05) is 127 Å². The standard InChI is InChI=1S/C50H32N5O2/c1-3-13-30(14-4-1)47-52-48(54-49(53-47)38-22-12-24-43-44(38)37-21-9-10-23-42(37)56-43)34-19-11-20-35(27-34)55-41-29-33-18-8-7-17-32(33)28-39(41)36-25-26-40-46(45(36)55)57-50(51-40)31-15-5-2-6-16-31/h1-29,36,45,47H/q-1.